The molecule has 0 aliphatic carbocycles. The van der Waals surface area contributed by atoms with Crippen LogP contribution in [0.3, 0.4) is 0 Å². The number of fused-ring (bicyclic) bond motifs is 3. The van der Waals surface area contributed by atoms with Gasteiger partial charge in [0.25, 0.3) is 5.56 Å². The summed E-state index contributed by atoms with van der Waals surface area (Å²) in [5.41, 5.74) is 1.77. The van der Waals surface area contributed by atoms with Crippen molar-refractivity contribution in [2.45, 2.75) is 32.4 Å². The predicted molar refractivity (Wildman–Crippen MR) is 149 cm³/mol. The first-order valence-corrected chi connectivity index (χ1v) is 13.8. The number of para-hydroxylation sites is 1. The lowest BCUT2D eigenvalue weighted by Crippen LogP contribution is -2.49. The number of thiazole rings is 1. The van der Waals surface area contributed by atoms with Crippen LogP contribution in [-0.2, 0) is 5.54 Å². The van der Waals surface area contributed by atoms with Gasteiger partial charge in [0, 0.05) is 43.2 Å². The van der Waals surface area contributed by atoms with Crippen molar-refractivity contribution in [1.82, 2.24) is 35.1 Å². The summed E-state index contributed by atoms with van der Waals surface area (Å²) in [5.74, 6) is 1.94. The lowest BCUT2D eigenvalue weighted by Gasteiger charge is -2.39. The minimum atomic E-state index is -0.435. The van der Waals surface area contributed by atoms with E-state index in [1.54, 1.807) is 11.3 Å². The Morgan fingerprint density at radius 3 is 2.56 bits per heavy atom. The van der Waals surface area contributed by atoms with Gasteiger partial charge in [-0.2, -0.15) is 0 Å². The van der Waals surface area contributed by atoms with Crippen molar-refractivity contribution in [3.8, 4) is 11.5 Å². The van der Waals surface area contributed by atoms with Crippen molar-refractivity contribution in [3.63, 3.8) is 0 Å². The zero-order valence-electron chi connectivity index (χ0n) is 21.9. The molecule has 5 heterocycles. The van der Waals surface area contributed by atoms with E-state index in [-0.39, 0.29) is 17.9 Å². The van der Waals surface area contributed by atoms with Gasteiger partial charge in [-0.05, 0) is 55.5 Å². The van der Waals surface area contributed by atoms with Gasteiger partial charge in [0.05, 0.1) is 21.3 Å². The number of piperazine rings is 1. The summed E-state index contributed by atoms with van der Waals surface area (Å²) < 4.78 is 14.1. The molecule has 7 rings (SSSR count). The molecule has 1 saturated heterocycles. The van der Waals surface area contributed by atoms with Gasteiger partial charge in [-0.3, -0.25) is 9.69 Å². The monoisotopic (exact) mass is 544 g/mol. The first kappa shape index (κ1) is 24.0. The highest BCUT2D eigenvalue weighted by Crippen LogP contribution is 2.37. The molecule has 12 heteroatoms. The fraction of sp³-hybridized carbons (Fsp3) is 0.370. The number of tetrazole rings is 1. The van der Waals surface area contributed by atoms with E-state index in [1.807, 2.05) is 41.1 Å². The number of rotatable bonds is 4. The minimum absolute atomic E-state index is 0.171. The number of H-pyrrole nitrogens is 1. The van der Waals surface area contributed by atoms with Gasteiger partial charge in [0.2, 0.25) is 6.79 Å². The molecular weight excluding hydrogens is 516 g/mol. The Bertz CT molecular complexity index is 1710. The largest absolute Gasteiger partial charge is 0.454 e. The van der Waals surface area contributed by atoms with Crippen LogP contribution in [0.15, 0.2) is 47.3 Å². The van der Waals surface area contributed by atoms with Gasteiger partial charge in [0.15, 0.2) is 22.5 Å². The Hall–Kier alpha value is -4.03. The van der Waals surface area contributed by atoms with Gasteiger partial charge in [-0.25, -0.2) is 9.67 Å². The summed E-state index contributed by atoms with van der Waals surface area (Å²) in [6.07, 6.45) is 0. The maximum Gasteiger partial charge on any atom is 0.253 e. The van der Waals surface area contributed by atoms with E-state index >= 15 is 0 Å². The third-order valence-electron chi connectivity index (χ3n) is 7.27. The van der Waals surface area contributed by atoms with Gasteiger partial charge in [-0.1, -0.05) is 23.5 Å². The van der Waals surface area contributed by atoms with Crippen molar-refractivity contribution < 1.29 is 9.47 Å². The molecule has 200 valence electrons. The van der Waals surface area contributed by atoms with E-state index in [0.717, 1.165) is 42.2 Å². The molecule has 2 aliphatic rings. The van der Waals surface area contributed by atoms with Crippen molar-refractivity contribution in [3.05, 3.63) is 64.2 Å². The van der Waals surface area contributed by atoms with E-state index in [1.165, 1.54) is 4.70 Å². The Kier molecular flexibility index (Phi) is 5.56. The SMILES string of the molecule is CC(C)(C)n1nnnc1[C@@H](c1cc2cc3c(cc2[nH]c1=O)OCO3)N1CCN(c2nc3ccccc3s2)CC1. The van der Waals surface area contributed by atoms with Crippen LogP contribution in [-0.4, -0.2) is 68.0 Å². The third-order valence-corrected chi connectivity index (χ3v) is 8.36. The molecule has 1 fully saturated rings. The molecule has 0 amide bonds. The highest BCUT2D eigenvalue weighted by Gasteiger charge is 2.35. The molecule has 0 spiro atoms. The van der Waals surface area contributed by atoms with Crippen LogP contribution in [0.1, 0.15) is 38.2 Å². The molecule has 3 aromatic heterocycles. The molecule has 11 nitrogen and oxygen atoms in total. The number of nitrogens with zero attached hydrogens (tertiary/aromatic N) is 7. The minimum Gasteiger partial charge on any atom is -0.454 e. The summed E-state index contributed by atoms with van der Waals surface area (Å²) in [6.45, 7) is 9.33. The number of nitrogens with one attached hydrogen (secondary N) is 1. The summed E-state index contributed by atoms with van der Waals surface area (Å²) in [5, 5.41) is 14.7. The Morgan fingerprint density at radius 1 is 1.03 bits per heavy atom. The van der Waals surface area contributed by atoms with Gasteiger partial charge in [0.1, 0.15) is 6.04 Å². The zero-order chi connectivity index (χ0) is 26.7. The van der Waals surface area contributed by atoms with E-state index in [2.05, 4.69) is 57.1 Å². The lowest BCUT2D eigenvalue weighted by atomic mass is 10.0. The van der Waals surface area contributed by atoms with E-state index in [9.17, 15) is 4.79 Å². The maximum absolute atomic E-state index is 13.6. The summed E-state index contributed by atoms with van der Waals surface area (Å²) in [6, 6.07) is 13.4. The number of aromatic amines is 1. The average Bonchev–Trinajstić information content (AvgIpc) is 3.67. The molecule has 2 aromatic carbocycles. The van der Waals surface area contributed by atoms with Crippen LogP contribution in [0.25, 0.3) is 21.1 Å². The van der Waals surface area contributed by atoms with Crippen LogP contribution in [0.2, 0.25) is 0 Å². The Morgan fingerprint density at radius 2 is 1.79 bits per heavy atom. The van der Waals surface area contributed by atoms with Crippen LogP contribution in [0.5, 0.6) is 11.5 Å². The van der Waals surface area contributed by atoms with Gasteiger partial charge >= 0.3 is 0 Å². The molecule has 0 unspecified atom stereocenters. The second-order valence-electron chi connectivity index (χ2n) is 10.9. The van der Waals surface area contributed by atoms with Gasteiger partial charge < -0.3 is 19.4 Å². The normalized spacial score (nSPS) is 16.8. The quantitative estimate of drug-likeness (QED) is 0.363. The Balaban J connectivity index is 1.27. The fourth-order valence-electron chi connectivity index (χ4n) is 5.32. The molecule has 0 saturated carbocycles. The van der Waals surface area contributed by atoms with Crippen LogP contribution in [0, 0.1) is 0 Å². The number of pyridine rings is 1. The highest BCUT2D eigenvalue weighted by atomic mass is 32.1. The fourth-order valence-corrected chi connectivity index (χ4v) is 6.34. The summed E-state index contributed by atoms with van der Waals surface area (Å²) >= 11 is 1.71. The van der Waals surface area contributed by atoms with E-state index < -0.39 is 6.04 Å². The third kappa shape index (κ3) is 4.20. The van der Waals surface area contributed by atoms with Gasteiger partial charge in [-0.15, -0.1) is 5.10 Å². The lowest BCUT2D eigenvalue weighted by molar-refractivity contribution is 0.174. The topological polar surface area (TPSA) is 114 Å². The van der Waals surface area contributed by atoms with Crippen LogP contribution >= 0.6 is 11.3 Å². The first-order chi connectivity index (χ1) is 18.8. The highest BCUT2D eigenvalue weighted by molar-refractivity contribution is 7.22. The van der Waals surface area contributed by atoms with Crippen molar-refractivity contribution in [2.24, 2.45) is 0 Å². The van der Waals surface area contributed by atoms with Crippen molar-refractivity contribution >= 4 is 37.6 Å². The Labute approximate surface area is 228 Å². The molecule has 2 aliphatic heterocycles. The number of hydrogen-bond acceptors (Lipinski definition) is 10. The maximum atomic E-state index is 13.6. The second kappa shape index (κ2) is 9.02. The van der Waals surface area contributed by atoms with Crippen molar-refractivity contribution in [2.75, 3.05) is 37.9 Å². The number of hydrogen-bond donors (Lipinski definition) is 1. The van der Waals surface area contributed by atoms with E-state index in [0.29, 0.717) is 28.4 Å². The molecule has 1 N–H and O–H groups in total. The summed E-state index contributed by atoms with van der Waals surface area (Å²) in [7, 11) is 0. The average molecular weight is 545 g/mol. The molecule has 0 bridgehead atoms. The number of ether oxygens (including phenoxy) is 2. The number of benzene rings is 2. The second-order valence-corrected chi connectivity index (χ2v) is 11.9. The van der Waals surface area contributed by atoms with Crippen LogP contribution < -0.4 is 19.9 Å². The number of anilines is 1. The first-order valence-electron chi connectivity index (χ1n) is 12.9. The molecule has 5 aromatic rings. The van der Waals surface area contributed by atoms with E-state index in [4.69, 9.17) is 14.5 Å². The summed E-state index contributed by atoms with van der Waals surface area (Å²) in [4.78, 5) is 26.1. The molecule has 39 heavy (non-hydrogen) atoms. The molecule has 1 atom stereocenters. The zero-order valence-corrected chi connectivity index (χ0v) is 22.7. The molecular formula is C27H28N8O3S. The number of aromatic nitrogens is 6. The predicted octanol–water partition coefficient (Wildman–Crippen LogP) is 3.52. The van der Waals surface area contributed by atoms with Crippen LogP contribution in [0.4, 0.5) is 5.13 Å². The molecule has 0 radical (unpaired) electrons. The standard InChI is InChI=1S/C27H28N8O3S/c1-27(2,3)35-24(30-31-32-35)23(17-12-16-13-20-21(38-15-37-20)14-19(16)28-25(17)36)33-8-10-34(11-9-33)26-29-18-6-4-5-7-22(18)39-26/h4-7,12-14,23H,8-11,15H2,1-3H3,(H,28,36)/t23-/m1/s1. The van der Waals surface area contributed by atoms with Crippen molar-refractivity contribution in [1.29, 1.82) is 0 Å². The smallest absolute Gasteiger partial charge is 0.253 e.